The van der Waals surface area contributed by atoms with Crippen molar-refractivity contribution in [3.8, 4) is 0 Å². The van der Waals surface area contributed by atoms with Crippen molar-refractivity contribution in [2.24, 2.45) is 0 Å². The Morgan fingerprint density at radius 2 is 2.06 bits per heavy atom. The lowest BCUT2D eigenvalue weighted by Gasteiger charge is -2.25. The summed E-state index contributed by atoms with van der Waals surface area (Å²) < 4.78 is 12.3. The molecule has 0 radical (unpaired) electrons. The van der Waals surface area contributed by atoms with Gasteiger partial charge in [0.05, 0.1) is 11.6 Å². The zero-order valence-electron chi connectivity index (χ0n) is 10.2. The van der Waals surface area contributed by atoms with Crippen LogP contribution in [0.2, 0.25) is 5.02 Å². The van der Waals surface area contributed by atoms with Crippen molar-refractivity contribution in [3.63, 3.8) is 0 Å². The third-order valence-corrected chi connectivity index (χ3v) is 2.86. The van der Waals surface area contributed by atoms with Crippen molar-refractivity contribution in [3.05, 3.63) is 29.0 Å². The monoisotopic (exact) mass is 275 g/mol. The molecule has 18 heavy (non-hydrogen) atoms. The molecule has 1 saturated heterocycles. The molecule has 0 amide bonds. The van der Waals surface area contributed by atoms with Crippen LogP contribution in [0.4, 0.5) is 10.1 Å². The zero-order valence-corrected chi connectivity index (χ0v) is 11.0. The third-order valence-electron chi connectivity index (χ3n) is 2.57. The van der Waals surface area contributed by atoms with E-state index in [1.807, 2.05) is 0 Å². The van der Waals surface area contributed by atoms with Gasteiger partial charge in [0.15, 0.2) is 0 Å². The molecule has 0 bridgehead atoms. The van der Waals surface area contributed by atoms with Gasteiger partial charge < -0.3 is 16.2 Å². The number of anilines is 1. The van der Waals surface area contributed by atoms with E-state index in [9.17, 15) is 4.39 Å². The van der Waals surface area contributed by atoms with Gasteiger partial charge in [-0.05, 0) is 18.2 Å². The van der Waals surface area contributed by atoms with Crippen molar-refractivity contribution in [2.45, 2.75) is 0 Å². The van der Waals surface area contributed by atoms with Crippen LogP contribution in [0, 0.1) is 5.82 Å². The lowest BCUT2D eigenvalue weighted by atomic mass is 10.3. The molecule has 1 aliphatic rings. The highest BCUT2D eigenvalue weighted by Gasteiger charge is 2.06. The van der Waals surface area contributed by atoms with Crippen LogP contribution in [0.3, 0.4) is 0 Å². The van der Waals surface area contributed by atoms with Crippen LogP contribution in [0.25, 0.3) is 0 Å². The standard InChI is InChI=1S/C6H5ClFN.C6H14N2O/c7-5-3-4(9)1-2-6(5)8;9-6-5-8-3-1-7-2-4-8/h1-3H,9H2;7,9H,1-6H2. The molecular weight excluding hydrogens is 257 g/mol. The smallest absolute Gasteiger partial charge is 0.141 e. The molecule has 102 valence electrons. The second kappa shape index (κ2) is 8.26. The number of β-amino-alcohol motifs (C(OH)–C–C–N with tert-alkyl or cyclic N) is 1. The molecule has 0 unspecified atom stereocenters. The highest BCUT2D eigenvalue weighted by atomic mass is 35.5. The fourth-order valence-electron chi connectivity index (χ4n) is 1.59. The second-order valence-corrected chi connectivity index (χ2v) is 4.40. The highest BCUT2D eigenvalue weighted by molar-refractivity contribution is 6.31. The van der Waals surface area contributed by atoms with E-state index in [1.165, 1.54) is 18.2 Å². The number of benzene rings is 1. The summed E-state index contributed by atoms with van der Waals surface area (Å²) in [4.78, 5) is 2.26. The van der Waals surface area contributed by atoms with Gasteiger partial charge in [-0.25, -0.2) is 4.39 Å². The fraction of sp³-hybridized carbons (Fsp3) is 0.500. The molecule has 1 fully saturated rings. The zero-order chi connectivity index (χ0) is 13.4. The molecule has 0 aromatic heterocycles. The maximum Gasteiger partial charge on any atom is 0.141 e. The van der Waals surface area contributed by atoms with Crippen LogP contribution in [0.15, 0.2) is 18.2 Å². The number of hydrogen-bond donors (Lipinski definition) is 3. The van der Waals surface area contributed by atoms with Gasteiger partial charge in [0.1, 0.15) is 5.82 Å². The van der Waals surface area contributed by atoms with Crippen molar-refractivity contribution in [2.75, 3.05) is 45.1 Å². The summed E-state index contributed by atoms with van der Waals surface area (Å²) in [5.41, 5.74) is 5.75. The number of aliphatic hydroxyl groups is 1. The third kappa shape index (κ3) is 5.64. The lowest BCUT2D eigenvalue weighted by molar-refractivity contribution is 0.180. The fourth-order valence-corrected chi connectivity index (χ4v) is 1.78. The summed E-state index contributed by atoms with van der Waals surface area (Å²) in [6.45, 7) is 5.43. The van der Waals surface area contributed by atoms with E-state index >= 15 is 0 Å². The Hall–Kier alpha value is -0.880. The van der Waals surface area contributed by atoms with Crippen LogP contribution in [-0.4, -0.2) is 49.3 Å². The van der Waals surface area contributed by atoms with Gasteiger partial charge in [-0.2, -0.15) is 0 Å². The lowest BCUT2D eigenvalue weighted by Crippen LogP contribution is -2.44. The maximum atomic E-state index is 12.3. The van der Waals surface area contributed by atoms with Crippen LogP contribution in [0.1, 0.15) is 0 Å². The first-order valence-corrected chi connectivity index (χ1v) is 6.25. The van der Waals surface area contributed by atoms with Crippen LogP contribution < -0.4 is 11.1 Å². The van der Waals surface area contributed by atoms with Crippen molar-refractivity contribution < 1.29 is 9.50 Å². The summed E-state index contributed by atoms with van der Waals surface area (Å²) in [6, 6.07) is 4.07. The highest BCUT2D eigenvalue weighted by Crippen LogP contribution is 2.16. The first kappa shape index (κ1) is 15.2. The van der Waals surface area contributed by atoms with E-state index in [0.717, 1.165) is 32.7 Å². The number of aliphatic hydroxyl groups excluding tert-OH is 1. The Morgan fingerprint density at radius 1 is 1.39 bits per heavy atom. The largest absolute Gasteiger partial charge is 0.399 e. The predicted octanol–water partition coefficient (Wildman–Crippen LogP) is 0.945. The average Bonchev–Trinajstić information content (AvgIpc) is 2.37. The normalized spacial score (nSPS) is 15.9. The number of piperazine rings is 1. The average molecular weight is 276 g/mol. The minimum absolute atomic E-state index is 0.0648. The summed E-state index contributed by atoms with van der Waals surface area (Å²) in [6.07, 6.45) is 0. The van der Waals surface area contributed by atoms with Crippen LogP contribution in [-0.2, 0) is 0 Å². The summed E-state index contributed by atoms with van der Waals surface area (Å²) >= 11 is 5.36. The Balaban J connectivity index is 0.000000180. The molecular formula is C12H19ClFN3O. The maximum absolute atomic E-state index is 12.3. The van der Waals surface area contributed by atoms with Gasteiger partial charge in [-0.3, -0.25) is 4.90 Å². The molecule has 4 N–H and O–H groups in total. The number of nitrogens with one attached hydrogen (secondary N) is 1. The van der Waals surface area contributed by atoms with Gasteiger partial charge in [0, 0.05) is 38.4 Å². The Morgan fingerprint density at radius 3 is 2.56 bits per heavy atom. The van der Waals surface area contributed by atoms with Crippen LogP contribution >= 0.6 is 11.6 Å². The van der Waals surface area contributed by atoms with E-state index in [4.69, 9.17) is 22.4 Å². The van der Waals surface area contributed by atoms with Crippen molar-refractivity contribution in [1.29, 1.82) is 0 Å². The Bertz CT molecular complexity index is 356. The molecule has 2 rings (SSSR count). The first-order chi connectivity index (χ1) is 8.63. The SMILES string of the molecule is Nc1ccc(F)c(Cl)c1.OCCN1CCNCC1. The minimum atomic E-state index is -0.439. The van der Waals surface area contributed by atoms with Gasteiger partial charge in [-0.1, -0.05) is 11.6 Å². The van der Waals surface area contributed by atoms with Crippen molar-refractivity contribution in [1.82, 2.24) is 10.2 Å². The van der Waals surface area contributed by atoms with E-state index in [-0.39, 0.29) is 5.02 Å². The van der Waals surface area contributed by atoms with Gasteiger partial charge >= 0.3 is 0 Å². The minimum Gasteiger partial charge on any atom is -0.399 e. The second-order valence-electron chi connectivity index (χ2n) is 3.99. The topological polar surface area (TPSA) is 61.5 Å². The number of nitrogens with two attached hydrogens (primary N) is 1. The summed E-state index contributed by atoms with van der Waals surface area (Å²) in [5.74, 6) is -0.439. The van der Waals surface area contributed by atoms with E-state index in [0.29, 0.717) is 12.3 Å². The quantitative estimate of drug-likeness (QED) is 0.703. The molecule has 6 heteroatoms. The number of halogens is 2. The molecule has 0 spiro atoms. The molecule has 0 saturated carbocycles. The van der Waals surface area contributed by atoms with E-state index in [2.05, 4.69) is 10.2 Å². The van der Waals surface area contributed by atoms with Gasteiger partial charge in [0.25, 0.3) is 0 Å². The summed E-state index contributed by atoms with van der Waals surface area (Å²) in [7, 11) is 0. The molecule has 4 nitrogen and oxygen atoms in total. The molecule has 1 aromatic carbocycles. The first-order valence-electron chi connectivity index (χ1n) is 5.88. The number of rotatable bonds is 2. The number of hydrogen-bond acceptors (Lipinski definition) is 4. The van der Waals surface area contributed by atoms with Gasteiger partial charge in [-0.15, -0.1) is 0 Å². The van der Waals surface area contributed by atoms with Crippen molar-refractivity contribution >= 4 is 17.3 Å². The number of nitrogen functional groups attached to an aromatic ring is 1. The molecule has 1 aromatic rings. The number of nitrogens with zero attached hydrogens (tertiary/aromatic N) is 1. The van der Waals surface area contributed by atoms with E-state index in [1.54, 1.807) is 0 Å². The Labute approximate surface area is 112 Å². The van der Waals surface area contributed by atoms with E-state index < -0.39 is 5.82 Å². The Kier molecular flexibility index (Phi) is 6.97. The van der Waals surface area contributed by atoms with Crippen LogP contribution in [0.5, 0.6) is 0 Å². The van der Waals surface area contributed by atoms with Gasteiger partial charge in [0.2, 0.25) is 0 Å². The molecule has 0 aliphatic carbocycles. The predicted molar refractivity (Wildman–Crippen MR) is 72.2 cm³/mol. The summed E-state index contributed by atoms with van der Waals surface area (Å²) in [5, 5.41) is 11.9. The molecule has 1 heterocycles. The molecule has 1 aliphatic heterocycles. The molecule has 0 atom stereocenters.